The molecule has 21 heavy (non-hydrogen) atoms. The Bertz CT molecular complexity index is 412. The largest absolute Gasteiger partial charge is 0.456 e. The molecule has 9 nitrogen and oxygen atoms in total. The molecule has 1 aliphatic rings. The highest BCUT2D eigenvalue weighted by Crippen LogP contribution is 2.25. The smallest absolute Gasteiger partial charge is 0.303 e. The summed E-state index contributed by atoms with van der Waals surface area (Å²) in [5.41, 5.74) is 0. The number of carbonyl (C=O) groups is 3. The molecule has 0 radical (unpaired) electrons. The number of aliphatic hydroxyl groups excluding tert-OH is 2. The van der Waals surface area contributed by atoms with Crippen molar-refractivity contribution in [2.24, 2.45) is 0 Å². The van der Waals surface area contributed by atoms with Crippen LogP contribution < -0.4 is 5.32 Å². The maximum absolute atomic E-state index is 11.2. The molecule has 120 valence electrons. The average molecular weight is 305 g/mol. The van der Waals surface area contributed by atoms with Crippen molar-refractivity contribution in [3.05, 3.63) is 0 Å². The predicted molar refractivity (Wildman–Crippen MR) is 66.7 cm³/mol. The van der Waals surface area contributed by atoms with E-state index in [4.69, 9.17) is 14.2 Å². The molecular formula is C12H19NO8. The van der Waals surface area contributed by atoms with Gasteiger partial charge in [0.2, 0.25) is 5.91 Å². The highest BCUT2D eigenvalue weighted by molar-refractivity contribution is 5.73. The summed E-state index contributed by atoms with van der Waals surface area (Å²) in [5.74, 6) is -1.88. The van der Waals surface area contributed by atoms with Crippen molar-refractivity contribution in [3.8, 4) is 0 Å². The fraction of sp³-hybridized carbons (Fsp3) is 0.750. The number of nitrogens with one attached hydrogen (secondary N) is 1. The lowest BCUT2D eigenvalue weighted by Gasteiger charge is -2.43. The number of ether oxygens (including phenoxy) is 3. The molecule has 0 unspecified atom stereocenters. The first kappa shape index (κ1) is 17.3. The van der Waals surface area contributed by atoms with E-state index in [1.54, 1.807) is 0 Å². The molecule has 1 aliphatic heterocycles. The molecule has 3 N–H and O–H groups in total. The van der Waals surface area contributed by atoms with E-state index >= 15 is 0 Å². The molecule has 1 fully saturated rings. The molecule has 0 aliphatic carbocycles. The van der Waals surface area contributed by atoms with Crippen LogP contribution in [0.15, 0.2) is 0 Å². The van der Waals surface area contributed by atoms with E-state index in [-0.39, 0.29) is 0 Å². The zero-order valence-corrected chi connectivity index (χ0v) is 11.9. The maximum Gasteiger partial charge on any atom is 0.303 e. The zero-order chi connectivity index (χ0) is 16.2. The summed E-state index contributed by atoms with van der Waals surface area (Å²) in [4.78, 5) is 33.6. The predicted octanol–water partition coefficient (Wildman–Crippen LogP) is -1.94. The van der Waals surface area contributed by atoms with Crippen molar-refractivity contribution in [3.63, 3.8) is 0 Å². The zero-order valence-electron chi connectivity index (χ0n) is 11.9. The van der Waals surface area contributed by atoms with Gasteiger partial charge in [0.15, 0.2) is 18.5 Å². The molecule has 9 heteroatoms. The van der Waals surface area contributed by atoms with Gasteiger partial charge in [0.25, 0.3) is 0 Å². The minimum absolute atomic E-state index is 0.496. The molecule has 0 bridgehead atoms. The number of carbonyl (C=O) groups excluding carboxylic acids is 3. The number of aliphatic hydroxyl groups is 2. The van der Waals surface area contributed by atoms with Gasteiger partial charge in [-0.25, -0.2) is 0 Å². The first-order valence-corrected chi connectivity index (χ1v) is 6.32. The fourth-order valence-electron chi connectivity index (χ4n) is 2.12. The Morgan fingerprint density at radius 1 is 1.10 bits per heavy atom. The normalized spacial score (nSPS) is 32.1. The van der Waals surface area contributed by atoms with Gasteiger partial charge in [-0.2, -0.15) is 0 Å². The van der Waals surface area contributed by atoms with Crippen molar-refractivity contribution in [2.75, 3.05) is 6.61 Å². The van der Waals surface area contributed by atoms with E-state index in [0.717, 1.165) is 13.8 Å². The summed E-state index contributed by atoms with van der Waals surface area (Å²) in [6, 6.07) is -1.13. The number of amides is 1. The van der Waals surface area contributed by atoms with Crippen LogP contribution in [0.3, 0.4) is 0 Å². The van der Waals surface area contributed by atoms with Crippen molar-refractivity contribution < 1.29 is 38.8 Å². The highest BCUT2D eigenvalue weighted by atomic mass is 16.7. The third kappa shape index (κ3) is 4.66. The minimum atomic E-state index is -1.53. The lowest BCUT2D eigenvalue weighted by Crippen LogP contribution is -2.65. The first-order chi connectivity index (χ1) is 9.76. The second-order valence-corrected chi connectivity index (χ2v) is 4.62. The number of hydrogen-bond donors (Lipinski definition) is 3. The van der Waals surface area contributed by atoms with Crippen molar-refractivity contribution in [2.45, 2.75) is 51.4 Å². The average Bonchev–Trinajstić information content (AvgIpc) is 2.35. The van der Waals surface area contributed by atoms with Gasteiger partial charge in [-0.3, -0.25) is 14.4 Å². The van der Waals surface area contributed by atoms with Gasteiger partial charge >= 0.3 is 11.9 Å². The van der Waals surface area contributed by atoms with E-state index in [9.17, 15) is 24.6 Å². The molecule has 1 amide bonds. The van der Waals surface area contributed by atoms with Crippen LogP contribution in [0.25, 0.3) is 0 Å². The lowest BCUT2D eigenvalue weighted by atomic mass is 9.96. The Morgan fingerprint density at radius 2 is 1.62 bits per heavy atom. The molecule has 1 heterocycles. The van der Waals surface area contributed by atoms with E-state index in [0.29, 0.717) is 0 Å². The Kier molecular flexibility index (Phi) is 6.06. The number of esters is 2. The van der Waals surface area contributed by atoms with Crippen LogP contribution in [-0.2, 0) is 28.6 Å². The minimum Gasteiger partial charge on any atom is -0.456 e. The summed E-state index contributed by atoms with van der Waals surface area (Å²) in [6.45, 7) is 2.90. The van der Waals surface area contributed by atoms with Crippen molar-refractivity contribution >= 4 is 17.8 Å². The quantitative estimate of drug-likeness (QED) is 0.511. The second kappa shape index (κ2) is 7.34. The molecule has 1 rings (SSSR count). The molecular weight excluding hydrogens is 286 g/mol. The maximum atomic E-state index is 11.2. The fourth-order valence-corrected chi connectivity index (χ4v) is 2.12. The molecule has 1 saturated heterocycles. The van der Waals surface area contributed by atoms with Crippen LogP contribution in [0.2, 0.25) is 0 Å². The topological polar surface area (TPSA) is 131 Å². The number of hydrogen-bond acceptors (Lipinski definition) is 8. The summed E-state index contributed by atoms with van der Waals surface area (Å²) in [6.07, 6.45) is -4.95. The molecule has 5 atom stereocenters. The first-order valence-electron chi connectivity index (χ1n) is 6.32. The van der Waals surface area contributed by atoms with Gasteiger partial charge in [-0.1, -0.05) is 0 Å². The highest BCUT2D eigenvalue weighted by Gasteiger charge is 2.49. The Labute approximate surface area is 121 Å². The lowest BCUT2D eigenvalue weighted by molar-refractivity contribution is -0.263. The SMILES string of the molecule is CC(=O)N[C@@H]1[C@@H](OC(C)=O)[C@H](OC(C)=O)[C@@H](CO)O[C@@H]1O. The van der Waals surface area contributed by atoms with E-state index in [1.165, 1.54) is 6.92 Å². The van der Waals surface area contributed by atoms with Crippen LogP contribution in [0, 0.1) is 0 Å². The van der Waals surface area contributed by atoms with Gasteiger partial charge in [0.1, 0.15) is 12.1 Å². The summed E-state index contributed by atoms with van der Waals surface area (Å²) < 4.78 is 15.1. The summed E-state index contributed by atoms with van der Waals surface area (Å²) in [5, 5.41) is 21.5. The third-order valence-corrected chi connectivity index (χ3v) is 2.82. The Balaban J connectivity index is 3.08. The van der Waals surface area contributed by atoms with E-state index < -0.39 is 55.1 Å². The van der Waals surface area contributed by atoms with Crippen LogP contribution >= 0.6 is 0 Å². The second-order valence-electron chi connectivity index (χ2n) is 4.62. The molecule has 0 spiro atoms. The van der Waals surface area contributed by atoms with Crippen LogP contribution in [0.4, 0.5) is 0 Å². The van der Waals surface area contributed by atoms with Crippen LogP contribution in [0.5, 0.6) is 0 Å². The van der Waals surface area contributed by atoms with Gasteiger partial charge in [0, 0.05) is 20.8 Å². The molecule has 0 aromatic rings. The van der Waals surface area contributed by atoms with E-state index in [1.807, 2.05) is 0 Å². The van der Waals surface area contributed by atoms with Gasteiger partial charge in [-0.05, 0) is 0 Å². The van der Waals surface area contributed by atoms with Gasteiger partial charge < -0.3 is 29.7 Å². The molecule has 0 aromatic heterocycles. The summed E-state index contributed by atoms with van der Waals surface area (Å²) in [7, 11) is 0. The molecule has 0 aromatic carbocycles. The number of rotatable bonds is 4. The van der Waals surface area contributed by atoms with Crippen LogP contribution in [0.1, 0.15) is 20.8 Å². The van der Waals surface area contributed by atoms with Gasteiger partial charge in [-0.15, -0.1) is 0 Å². The standard InChI is InChI=1S/C12H19NO8/c1-5(15)13-9-11(20-7(3)17)10(19-6(2)16)8(4-14)21-12(9)18/h8-12,14,18H,4H2,1-3H3,(H,13,15)/t8-,9-,10-,11-,12+/m1/s1. The molecule has 0 saturated carbocycles. The third-order valence-electron chi connectivity index (χ3n) is 2.82. The van der Waals surface area contributed by atoms with Gasteiger partial charge in [0.05, 0.1) is 6.61 Å². The van der Waals surface area contributed by atoms with E-state index in [2.05, 4.69) is 5.32 Å². The van der Waals surface area contributed by atoms with Crippen LogP contribution in [-0.4, -0.2) is 65.3 Å². The van der Waals surface area contributed by atoms with Crippen molar-refractivity contribution in [1.29, 1.82) is 0 Å². The van der Waals surface area contributed by atoms with Crippen molar-refractivity contribution in [1.82, 2.24) is 5.32 Å². The summed E-state index contributed by atoms with van der Waals surface area (Å²) >= 11 is 0. The monoisotopic (exact) mass is 305 g/mol. The Hall–Kier alpha value is -1.71. The Morgan fingerprint density at radius 3 is 2.05 bits per heavy atom.